The Bertz CT molecular complexity index is 378. The van der Waals surface area contributed by atoms with Gasteiger partial charge in [-0.05, 0) is 66.6 Å². The molecule has 0 radical (unpaired) electrons. The zero-order valence-electron chi connectivity index (χ0n) is 10.7. The van der Waals surface area contributed by atoms with Crippen molar-refractivity contribution in [3.05, 3.63) is 27.3 Å². The summed E-state index contributed by atoms with van der Waals surface area (Å²) < 4.78 is 1.37. The van der Waals surface area contributed by atoms with Crippen LogP contribution in [0.1, 0.15) is 25.3 Å². The van der Waals surface area contributed by atoms with Crippen LogP contribution in [-0.2, 0) is 0 Å². The first-order chi connectivity index (χ1) is 8.20. The summed E-state index contributed by atoms with van der Waals surface area (Å²) in [6.45, 7) is 7.89. The molecule has 0 spiro atoms. The number of benzene rings is 1. The van der Waals surface area contributed by atoms with Crippen LogP contribution in [0.5, 0.6) is 0 Å². The average molecular weight is 344 g/mol. The Labute approximate surface area is 118 Å². The van der Waals surface area contributed by atoms with Crippen molar-refractivity contribution in [2.45, 2.75) is 32.7 Å². The number of rotatable bonds is 2. The van der Waals surface area contributed by atoms with Crippen LogP contribution in [0.15, 0.2) is 18.2 Å². The molecule has 2 rings (SSSR count). The predicted octanol–water partition coefficient (Wildman–Crippen LogP) is 3.18. The molecule has 0 bridgehead atoms. The van der Waals surface area contributed by atoms with E-state index in [1.807, 2.05) is 0 Å². The number of aryl methyl sites for hydroxylation is 1. The Balaban J connectivity index is 2.16. The van der Waals surface area contributed by atoms with Gasteiger partial charge in [0.05, 0.1) is 0 Å². The fourth-order valence-corrected chi connectivity index (χ4v) is 2.78. The van der Waals surface area contributed by atoms with E-state index in [9.17, 15) is 0 Å². The van der Waals surface area contributed by atoms with Crippen LogP contribution >= 0.6 is 22.6 Å². The number of anilines is 1. The molecule has 17 heavy (non-hydrogen) atoms. The van der Waals surface area contributed by atoms with Crippen LogP contribution in [0.25, 0.3) is 0 Å². The molecule has 3 heteroatoms. The van der Waals surface area contributed by atoms with Gasteiger partial charge in [0.2, 0.25) is 0 Å². The molecule has 1 N–H and O–H groups in total. The summed E-state index contributed by atoms with van der Waals surface area (Å²) in [5.41, 5.74) is 2.75. The third kappa shape index (κ3) is 3.35. The second-order valence-electron chi connectivity index (χ2n) is 4.79. The topological polar surface area (TPSA) is 15.3 Å². The fraction of sp³-hybridized carbons (Fsp3) is 0.571. The van der Waals surface area contributed by atoms with Crippen LogP contribution in [0, 0.1) is 10.5 Å². The van der Waals surface area contributed by atoms with Gasteiger partial charge in [-0.1, -0.05) is 13.0 Å². The number of nitrogens with zero attached hydrogens (tertiary/aromatic N) is 1. The average Bonchev–Trinajstić information content (AvgIpc) is 2.58. The maximum absolute atomic E-state index is 3.61. The van der Waals surface area contributed by atoms with E-state index in [0.29, 0.717) is 6.04 Å². The molecule has 1 saturated heterocycles. The summed E-state index contributed by atoms with van der Waals surface area (Å²) >= 11 is 2.43. The second kappa shape index (κ2) is 6.05. The van der Waals surface area contributed by atoms with Gasteiger partial charge in [-0.3, -0.25) is 0 Å². The van der Waals surface area contributed by atoms with E-state index in [0.717, 1.165) is 13.1 Å². The lowest BCUT2D eigenvalue weighted by atomic mass is 10.2. The number of hydrogen-bond donors (Lipinski definition) is 1. The molecule has 1 aromatic carbocycles. The van der Waals surface area contributed by atoms with E-state index in [2.05, 4.69) is 64.9 Å². The number of hydrogen-bond acceptors (Lipinski definition) is 2. The van der Waals surface area contributed by atoms with Gasteiger partial charge in [0.15, 0.2) is 0 Å². The Kier molecular flexibility index (Phi) is 4.68. The zero-order valence-corrected chi connectivity index (χ0v) is 12.8. The molecule has 94 valence electrons. The normalized spacial score (nSPS) is 21.4. The van der Waals surface area contributed by atoms with Crippen LogP contribution in [0.2, 0.25) is 0 Å². The van der Waals surface area contributed by atoms with Gasteiger partial charge in [0.1, 0.15) is 0 Å². The molecule has 1 heterocycles. The van der Waals surface area contributed by atoms with Crippen molar-refractivity contribution in [2.24, 2.45) is 0 Å². The van der Waals surface area contributed by atoms with Gasteiger partial charge < -0.3 is 10.2 Å². The molecule has 0 aliphatic carbocycles. The first-order valence-corrected chi connectivity index (χ1v) is 7.53. The maximum Gasteiger partial charge on any atom is 0.0377 e. The van der Waals surface area contributed by atoms with Gasteiger partial charge in [0, 0.05) is 28.4 Å². The predicted molar refractivity (Wildman–Crippen MR) is 82.8 cm³/mol. The van der Waals surface area contributed by atoms with Crippen LogP contribution in [-0.4, -0.2) is 25.7 Å². The van der Waals surface area contributed by atoms with E-state index >= 15 is 0 Å². The summed E-state index contributed by atoms with van der Waals surface area (Å²) in [5, 5.41) is 3.61. The Morgan fingerprint density at radius 1 is 1.47 bits per heavy atom. The summed E-state index contributed by atoms with van der Waals surface area (Å²) in [6, 6.07) is 7.44. The molecule has 1 atom stereocenters. The standard InChI is InChI=1S/C14H21IN2/c1-3-12-10-17(8-4-7-16-12)13-6-5-11(2)14(15)9-13/h5-6,9,12,16H,3-4,7-8,10H2,1-2H3. The quantitative estimate of drug-likeness (QED) is 0.829. The van der Waals surface area contributed by atoms with Gasteiger partial charge in [-0.25, -0.2) is 0 Å². The van der Waals surface area contributed by atoms with E-state index in [1.165, 1.54) is 34.2 Å². The Morgan fingerprint density at radius 3 is 3.00 bits per heavy atom. The van der Waals surface area contributed by atoms with Crippen molar-refractivity contribution in [1.29, 1.82) is 0 Å². The highest BCUT2D eigenvalue weighted by molar-refractivity contribution is 14.1. The maximum atomic E-state index is 3.61. The summed E-state index contributed by atoms with van der Waals surface area (Å²) in [5.74, 6) is 0. The van der Waals surface area contributed by atoms with Crippen molar-refractivity contribution < 1.29 is 0 Å². The van der Waals surface area contributed by atoms with E-state index in [4.69, 9.17) is 0 Å². The zero-order chi connectivity index (χ0) is 12.3. The third-order valence-electron chi connectivity index (χ3n) is 3.49. The molecule has 1 aliphatic heterocycles. The summed E-state index contributed by atoms with van der Waals surface area (Å²) in [6.07, 6.45) is 2.44. The molecular weight excluding hydrogens is 323 g/mol. The lowest BCUT2D eigenvalue weighted by molar-refractivity contribution is 0.528. The molecule has 0 saturated carbocycles. The van der Waals surface area contributed by atoms with Crippen LogP contribution < -0.4 is 10.2 Å². The van der Waals surface area contributed by atoms with Crippen molar-refractivity contribution in [3.8, 4) is 0 Å². The van der Waals surface area contributed by atoms with Crippen molar-refractivity contribution in [3.63, 3.8) is 0 Å². The fourth-order valence-electron chi connectivity index (χ4n) is 2.28. The summed E-state index contributed by atoms with van der Waals surface area (Å²) in [4.78, 5) is 2.52. The second-order valence-corrected chi connectivity index (χ2v) is 5.95. The highest BCUT2D eigenvalue weighted by Gasteiger charge is 2.16. The minimum Gasteiger partial charge on any atom is -0.370 e. The van der Waals surface area contributed by atoms with Gasteiger partial charge in [0.25, 0.3) is 0 Å². The van der Waals surface area contributed by atoms with Crippen LogP contribution in [0.4, 0.5) is 5.69 Å². The molecular formula is C14H21IN2. The summed E-state index contributed by atoms with van der Waals surface area (Å²) in [7, 11) is 0. The lowest BCUT2D eigenvalue weighted by Gasteiger charge is -2.26. The van der Waals surface area contributed by atoms with Gasteiger partial charge >= 0.3 is 0 Å². The monoisotopic (exact) mass is 344 g/mol. The molecule has 2 nitrogen and oxygen atoms in total. The third-order valence-corrected chi connectivity index (χ3v) is 4.65. The van der Waals surface area contributed by atoms with E-state index in [1.54, 1.807) is 0 Å². The highest BCUT2D eigenvalue weighted by atomic mass is 127. The van der Waals surface area contributed by atoms with Crippen molar-refractivity contribution in [2.75, 3.05) is 24.5 Å². The smallest absolute Gasteiger partial charge is 0.0377 e. The Hall–Kier alpha value is -0.290. The van der Waals surface area contributed by atoms with E-state index in [-0.39, 0.29) is 0 Å². The first-order valence-electron chi connectivity index (χ1n) is 6.45. The largest absolute Gasteiger partial charge is 0.370 e. The van der Waals surface area contributed by atoms with Crippen LogP contribution in [0.3, 0.4) is 0 Å². The minimum absolute atomic E-state index is 0.636. The van der Waals surface area contributed by atoms with Gasteiger partial charge in [-0.15, -0.1) is 0 Å². The van der Waals surface area contributed by atoms with E-state index < -0.39 is 0 Å². The molecule has 0 amide bonds. The van der Waals surface area contributed by atoms with Crippen molar-refractivity contribution >= 4 is 28.3 Å². The Morgan fingerprint density at radius 2 is 2.29 bits per heavy atom. The molecule has 1 aliphatic rings. The van der Waals surface area contributed by atoms with Crippen molar-refractivity contribution in [1.82, 2.24) is 5.32 Å². The number of halogens is 1. The molecule has 1 fully saturated rings. The highest BCUT2D eigenvalue weighted by Crippen LogP contribution is 2.22. The minimum atomic E-state index is 0.636. The number of nitrogens with one attached hydrogen (secondary N) is 1. The SMILES string of the molecule is CCC1CN(c2ccc(C)c(I)c2)CCCN1. The first kappa shape index (κ1) is 13.1. The lowest BCUT2D eigenvalue weighted by Crippen LogP contribution is -2.37. The van der Waals surface area contributed by atoms with Gasteiger partial charge in [-0.2, -0.15) is 0 Å². The molecule has 1 unspecified atom stereocenters. The molecule has 0 aromatic heterocycles. The molecule has 1 aromatic rings.